The molecule has 15 heavy (non-hydrogen) atoms. The van der Waals surface area contributed by atoms with Gasteiger partial charge in [-0.3, -0.25) is 0 Å². The molecule has 1 N–H and O–H groups in total. The lowest BCUT2D eigenvalue weighted by Gasteiger charge is -2.17. The molecule has 0 aliphatic heterocycles. The summed E-state index contributed by atoms with van der Waals surface area (Å²) in [4.78, 5) is 3.22. The van der Waals surface area contributed by atoms with Gasteiger partial charge >= 0.3 is 0 Å². The fourth-order valence-electron chi connectivity index (χ4n) is 1.78. The second-order valence-electron chi connectivity index (χ2n) is 5.46. The van der Waals surface area contributed by atoms with Crippen molar-refractivity contribution in [2.45, 2.75) is 33.6 Å². The van der Waals surface area contributed by atoms with E-state index in [1.807, 2.05) is 6.20 Å². The monoisotopic (exact) mass is 201 g/mol. The highest BCUT2D eigenvalue weighted by atomic mass is 14.7. The minimum atomic E-state index is 0.424. The number of hydrogen-bond acceptors (Lipinski definition) is 0. The van der Waals surface area contributed by atoms with Crippen LogP contribution in [0.25, 0.3) is 10.9 Å². The van der Waals surface area contributed by atoms with Crippen molar-refractivity contribution in [2.75, 3.05) is 0 Å². The summed E-state index contributed by atoms with van der Waals surface area (Å²) in [5.41, 5.74) is 3.10. The Morgan fingerprint density at radius 3 is 2.67 bits per heavy atom. The van der Waals surface area contributed by atoms with Crippen LogP contribution in [0.4, 0.5) is 0 Å². The Morgan fingerprint density at radius 2 is 1.93 bits per heavy atom. The number of rotatable bonds is 2. The highest BCUT2D eigenvalue weighted by Gasteiger charge is 2.09. The van der Waals surface area contributed by atoms with Crippen molar-refractivity contribution in [3.05, 3.63) is 36.0 Å². The van der Waals surface area contributed by atoms with Crippen LogP contribution < -0.4 is 0 Å². The van der Waals surface area contributed by atoms with Crippen LogP contribution in [0.1, 0.15) is 32.8 Å². The molecule has 1 aromatic carbocycles. The van der Waals surface area contributed by atoms with E-state index < -0.39 is 0 Å². The van der Waals surface area contributed by atoms with Gasteiger partial charge in [-0.2, -0.15) is 0 Å². The molecule has 1 aromatic heterocycles. The number of H-pyrrole nitrogens is 1. The molecular weight excluding hydrogens is 182 g/mol. The van der Waals surface area contributed by atoms with Gasteiger partial charge in [0.1, 0.15) is 0 Å². The second-order valence-corrected chi connectivity index (χ2v) is 5.46. The minimum absolute atomic E-state index is 0.424. The van der Waals surface area contributed by atoms with E-state index in [1.165, 1.54) is 29.3 Å². The van der Waals surface area contributed by atoms with Crippen molar-refractivity contribution in [3.63, 3.8) is 0 Å². The molecule has 0 unspecified atom stereocenters. The molecule has 2 aromatic rings. The Morgan fingerprint density at radius 1 is 1.13 bits per heavy atom. The molecule has 0 atom stereocenters. The fourth-order valence-corrected chi connectivity index (χ4v) is 1.78. The molecule has 0 aliphatic rings. The smallest absolute Gasteiger partial charge is 0.0454 e. The zero-order valence-electron chi connectivity index (χ0n) is 9.80. The van der Waals surface area contributed by atoms with Crippen LogP contribution in [0, 0.1) is 5.41 Å². The van der Waals surface area contributed by atoms with Gasteiger partial charge < -0.3 is 4.98 Å². The van der Waals surface area contributed by atoms with Gasteiger partial charge in [-0.05, 0) is 47.4 Å². The van der Waals surface area contributed by atoms with E-state index in [1.54, 1.807) is 0 Å². The van der Waals surface area contributed by atoms with Crippen molar-refractivity contribution in [3.8, 4) is 0 Å². The van der Waals surface area contributed by atoms with E-state index in [0.717, 1.165) is 0 Å². The van der Waals surface area contributed by atoms with Crippen molar-refractivity contribution in [1.29, 1.82) is 0 Å². The van der Waals surface area contributed by atoms with E-state index in [0.29, 0.717) is 5.41 Å². The summed E-state index contributed by atoms with van der Waals surface area (Å²) in [5, 5.41) is 1.32. The normalized spacial score (nSPS) is 12.2. The Hall–Kier alpha value is -1.24. The lowest BCUT2D eigenvalue weighted by molar-refractivity contribution is 0.378. The highest BCUT2D eigenvalue weighted by Crippen LogP contribution is 2.23. The summed E-state index contributed by atoms with van der Waals surface area (Å²) in [6, 6.07) is 8.82. The van der Waals surface area contributed by atoms with Gasteiger partial charge in [0, 0.05) is 11.7 Å². The summed E-state index contributed by atoms with van der Waals surface area (Å²) >= 11 is 0. The van der Waals surface area contributed by atoms with Gasteiger partial charge in [-0.25, -0.2) is 0 Å². The molecule has 0 aliphatic carbocycles. The first kappa shape index (κ1) is 10.3. The summed E-state index contributed by atoms with van der Waals surface area (Å²) in [6.45, 7) is 6.88. The van der Waals surface area contributed by atoms with E-state index in [9.17, 15) is 0 Å². The van der Waals surface area contributed by atoms with Gasteiger partial charge in [-0.15, -0.1) is 0 Å². The predicted octanol–water partition coefficient (Wildman–Crippen LogP) is 4.15. The van der Waals surface area contributed by atoms with Gasteiger partial charge in [0.05, 0.1) is 0 Å². The molecule has 0 amide bonds. The zero-order chi connectivity index (χ0) is 10.9. The van der Waals surface area contributed by atoms with Crippen LogP contribution in [-0.4, -0.2) is 4.98 Å². The van der Waals surface area contributed by atoms with Crippen LogP contribution in [0.3, 0.4) is 0 Å². The number of fused-ring (bicyclic) bond motifs is 1. The molecule has 80 valence electrons. The molecule has 1 heterocycles. The number of aryl methyl sites for hydroxylation is 1. The van der Waals surface area contributed by atoms with Crippen LogP contribution in [0.5, 0.6) is 0 Å². The Bertz CT molecular complexity index is 446. The maximum atomic E-state index is 3.22. The molecular formula is C14H19N. The van der Waals surface area contributed by atoms with Gasteiger partial charge in [0.2, 0.25) is 0 Å². The summed E-state index contributed by atoms with van der Waals surface area (Å²) in [5.74, 6) is 0. The van der Waals surface area contributed by atoms with Gasteiger partial charge in [-0.1, -0.05) is 26.8 Å². The van der Waals surface area contributed by atoms with Crippen LogP contribution >= 0.6 is 0 Å². The maximum Gasteiger partial charge on any atom is 0.0454 e. The fraction of sp³-hybridized carbons (Fsp3) is 0.429. The summed E-state index contributed by atoms with van der Waals surface area (Å²) < 4.78 is 0. The Kier molecular flexibility index (Phi) is 2.56. The average Bonchev–Trinajstić information content (AvgIpc) is 2.60. The first-order chi connectivity index (χ1) is 7.04. The highest BCUT2D eigenvalue weighted by molar-refractivity contribution is 5.79. The van der Waals surface area contributed by atoms with Gasteiger partial charge in [0.25, 0.3) is 0 Å². The Balaban J connectivity index is 2.15. The molecule has 1 heteroatoms. The number of aromatic amines is 1. The lowest BCUT2D eigenvalue weighted by Crippen LogP contribution is -2.06. The molecule has 0 spiro atoms. The topological polar surface area (TPSA) is 15.8 Å². The SMILES string of the molecule is CC(C)(C)CCc1ccc2[nH]ccc2c1. The van der Waals surface area contributed by atoms with Crippen LogP contribution in [0.15, 0.2) is 30.5 Å². The van der Waals surface area contributed by atoms with Crippen molar-refractivity contribution in [2.24, 2.45) is 5.41 Å². The van der Waals surface area contributed by atoms with Crippen molar-refractivity contribution >= 4 is 10.9 Å². The molecule has 0 bridgehead atoms. The quantitative estimate of drug-likeness (QED) is 0.751. The van der Waals surface area contributed by atoms with Crippen molar-refractivity contribution in [1.82, 2.24) is 4.98 Å². The molecule has 0 radical (unpaired) electrons. The van der Waals surface area contributed by atoms with E-state index in [4.69, 9.17) is 0 Å². The van der Waals surface area contributed by atoms with Crippen LogP contribution in [0.2, 0.25) is 0 Å². The standard InChI is InChI=1S/C14H19N/c1-14(2,3)8-6-11-4-5-13-12(10-11)7-9-15-13/h4-5,7,9-10,15H,6,8H2,1-3H3. The molecule has 0 saturated carbocycles. The molecule has 2 rings (SSSR count). The third-order valence-electron chi connectivity index (χ3n) is 2.78. The largest absolute Gasteiger partial charge is 0.361 e. The maximum absolute atomic E-state index is 3.22. The van der Waals surface area contributed by atoms with Crippen LogP contribution in [-0.2, 0) is 6.42 Å². The average molecular weight is 201 g/mol. The minimum Gasteiger partial charge on any atom is -0.361 e. The third-order valence-corrected chi connectivity index (χ3v) is 2.78. The summed E-state index contributed by atoms with van der Waals surface area (Å²) in [6.07, 6.45) is 4.41. The predicted molar refractivity (Wildman–Crippen MR) is 66.1 cm³/mol. The molecule has 0 saturated heterocycles. The Labute approximate surface area is 91.5 Å². The van der Waals surface area contributed by atoms with Gasteiger partial charge in [0.15, 0.2) is 0 Å². The van der Waals surface area contributed by atoms with E-state index in [2.05, 4.69) is 50.0 Å². The molecule has 0 fully saturated rings. The number of hydrogen-bond donors (Lipinski definition) is 1. The second kappa shape index (κ2) is 3.73. The van der Waals surface area contributed by atoms with Crippen molar-refractivity contribution < 1.29 is 0 Å². The number of nitrogens with one attached hydrogen (secondary N) is 1. The first-order valence-corrected chi connectivity index (χ1v) is 5.61. The number of benzene rings is 1. The van der Waals surface area contributed by atoms with E-state index >= 15 is 0 Å². The lowest BCUT2D eigenvalue weighted by atomic mass is 9.88. The first-order valence-electron chi connectivity index (χ1n) is 5.61. The molecule has 1 nitrogen and oxygen atoms in total. The van der Waals surface area contributed by atoms with E-state index in [-0.39, 0.29) is 0 Å². The zero-order valence-corrected chi connectivity index (χ0v) is 9.80. The summed E-state index contributed by atoms with van der Waals surface area (Å²) in [7, 11) is 0. The third kappa shape index (κ3) is 2.62. The number of aromatic nitrogens is 1.